The SMILES string of the molecule is Cc1cc(C)cc(OCc2nc3[nH+]cc(Br)cc3[nH]2)c1. The molecule has 102 valence electrons. The van der Waals surface area contributed by atoms with Crippen LogP contribution in [-0.4, -0.2) is 9.97 Å². The van der Waals surface area contributed by atoms with Crippen molar-refractivity contribution in [1.82, 2.24) is 9.97 Å². The van der Waals surface area contributed by atoms with Crippen molar-refractivity contribution >= 4 is 27.1 Å². The molecular weight excluding hydrogens is 318 g/mol. The molecule has 2 aromatic heterocycles. The van der Waals surface area contributed by atoms with Gasteiger partial charge in [0.1, 0.15) is 17.5 Å². The Labute approximate surface area is 125 Å². The van der Waals surface area contributed by atoms with Gasteiger partial charge in [0.2, 0.25) is 0 Å². The van der Waals surface area contributed by atoms with Gasteiger partial charge in [-0.2, -0.15) is 0 Å². The third-order valence-electron chi connectivity index (χ3n) is 2.98. The number of nitrogens with zero attached hydrogens (tertiary/aromatic N) is 1. The van der Waals surface area contributed by atoms with Crippen molar-refractivity contribution in [2.45, 2.75) is 20.5 Å². The van der Waals surface area contributed by atoms with Gasteiger partial charge in [-0.3, -0.25) is 0 Å². The summed E-state index contributed by atoms with van der Waals surface area (Å²) in [7, 11) is 0. The van der Waals surface area contributed by atoms with E-state index < -0.39 is 0 Å². The van der Waals surface area contributed by atoms with Crippen LogP contribution in [0.3, 0.4) is 0 Å². The van der Waals surface area contributed by atoms with Crippen LogP contribution in [0.2, 0.25) is 0 Å². The zero-order valence-electron chi connectivity index (χ0n) is 11.3. The summed E-state index contributed by atoms with van der Waals surface area (Å²) >= 11 is 3.42. The fraction of sp³-hybridized carbons (Fsp3) is 0.200. The first-order valence-electron chi connectivity index (χ1n) is 6.37. The van der Waals surface area contributed by atoms with Gasteiger partial charge in [0, 0.05) is 0 Å². The van der Waals surface area contributed by atoms with Crippen LogP contribution in [0.1, 0.15) is 17.0 Å². The highest BCUT2D eigenvalue weighted by atomic mass is 79.9. The lowest BCUT2D eigenvalue weighted by atomic mass is 10.1. The first kappa shape index (κ1) is 13.1. The molecule has 5 heteroatoms. The summed E-state index contributed by atoms with van der Waals surface area (Å²) in [6, 6.07) is 8.16. The van der Waals surface area contributed by atoms with E-state index in [1.165, 1.54) is 11.1 Å². The number of pyridine rings is 1. The highest BCUT2D eigenvalue weighted by Crippen LogP contribution is 2.18. The Bertz CT molecular complexity index is 747. The van der Waals surface area contributed by atoms with E-state index in [2.05, 4.69) is 50.8 Å². The smallest absolute Gasteiger partial charge is 0.346 e. The van der Waals surface area contributed by atoms with Gasteiger partial charge in [0.25, 0.3) is 5.82 Å². The number of hydrogen-bond donors (Lipinski definition) is 1. The second-order valence-electron chi connectivity index (χ2n) is 4.88. The van der Waals surface area contributed by atoms with E-state index in [9.17, 15) is 0 Å². The van der Waals surface area contributed by atoms with Crippen LogP contribution in [0.5, 0.6) is 5.75 Å². The molecule has 0 aliphatic rings. The molecule has 0 atom stereocenters. The molecule has 20 heavy (non-hydrogen) atoms. The Balaban J connectivity index is 1.79. The average molecular weight is 333 g/mol. The summed E-state index contributed by atoms with van der Waals surface area (Å²) in [6.07, 6.45) is 1.86. The second kappa shape index (κ2) is 5.25. The Hall–Kier alpha value is -1.88. The highest BCUT2D eigenvalue weighted by molar-refractivity contribution is 9.10. The van der Waals surface area contributed by atoms with Crippen LogP contribution >= 0.6 is 15.9 Å². The van der Waals surface area contributed by atoms with Crippen LogP contribution in [0, 0.1) is 13.8 Å². The molecule has 1 aromatic carbocycles. The third-order valence-corrected chi connectivity index (χ3v) is 3.44. The topological polar surface area (TPSA) is 52.1 Å². The second-order valence-corrected chi connectivity index (χ2v) is 5.79. The molecule has 0 aliphatic heterocycles. The fourth-order valence-corrected chi connectivity index (χ4v) is 2.55. The summed E-state index contributed by atoms with van der Waals surface area (Å²) < 4.78 is 6.78. The van der Waals surface area contributed by atoms with E-state index in [-0.39, 0.29) is 0 Å². The van der Waals surface area contributed by atoms with Crippen LogP contribution in [-0.2, 0) is 6.61 Å². The number of hydrogen-bond acceptors (Lipinski definition) is 2. The number of aromatic amines is 2. The summed E-state index contributed by atoms with van der Waals surface area (Å²) in [6.45, 7) is 4.55. The summed E-state index contributed by atoms with van der Waals surface area (Å²) in [4.78, 5) is 10.8. The maximum atomic E-state index is 5.79. The van der Waals surface area contributed by atoms with Gasteiger partial charge < -0.3 is 9.72 Å². The van der Waals surface area contributed by atoms with Gasteiger partial charge in [-0.15, -0.1) is 0 Å². The minimum atomic E-state index is 0.420. The number of aryl methyl sites for hydroxylation is 2. The molecule has 0 radical (unpaired) electrons. The third kappa shape index (κ3) is 2.82. The van der Waals surface area contributed by atoms with Crippen molar-refractivity contribution < 1.29 is 9.72 Å². The van der Waals surface area contributed by atoms with Crippen molar-refractivity contribution in [3.05, 3.63) is 51.9 Å². The first-order valence-corrected chi connectivity index (χ1v) is 7.16. The zero-order chi connectivity index (χ0) is 14.1. The van der Waals surface area contributed by atoms with Gasteiger partial charge in [0.05, 0.1) is 4.47 Å². The van der Waals surface area contributed by atoms with Crippen molar-refractivity contribution in [3.63, 3.8) is 0 Å². The molecule has 2 N–H and O–H groups in total. The number of H-pyrrole nitrogens is 2. The number of fused-ring (bicyclic) bond motifs is 1. The van der Waals surface area contributed by atoms with E-state index in [0.29, 0.717) is 6.61 Å². The van der Waals surface area contributed by atoms with E-state index in [1.54, 1.807) is 0 Å². The minimum Gasteiger partial charge on any atom is -0.483 e. The summed E-state index contributed by atoms with van der Waals surface area (Å²) in [5.74, 6) is 1.67. The molecule has 2 heterocycles. The molecular formula is C15H15BrN3O+. The molecule has 0 unspecified atom stereocenters. The van der Waals surface area contributed by atoms with Gasteiger partial charge >= 0.3 is 5.65 Å². The van der Waals surface area contributed by atoms with Crippen LogP contribution < -0.4 is 9.72 Å². The normalized spacial score (nSPS) is 10.9. The molecule has 0 fully saturated rings. The molecule has 3 aromatic rings. The number of imidazole rings is 1. The number of nitrogens with one attached hydrogen (secondary N) is 2. The monoisotopic (exact) mass is 332 g/mol. The average Bonchev–Trinajstić information content (AvgIpc) is 2.77. The first-order chi connectivity index (χ1) is 9.60. The van der Waals surface area contributed by atoms with Crippen molar-refractivity contribution in [2.75, 3.05) is 0 Å². The molecule has 0 bridgehead atoms. The predicted octanol–water partition coefficient (Wildman–Crippen LogP) is 3.34. The van der Waals surface area contributed by atoms with Crippen molar-refractivity contribution in [1.29, 1.82) is 0 Å². The Morgan fingerprint density at radius 1 is 1.20 bits per heavy atom. The number of aromatic nitrogens is 3. The molecule has 4 nitrogen and oxygen atoms in total. The van der Waals surface area contributed by atoms with Gasteiger partial charge in [-0.05, 0) is 64.1 Å². The maximum Gasteiger partial charge on any atom is 0.346 e. The van der Waals surface area contributed by atoms with Crippen LogP contribution in [0.4, 0.5) is 0 Å². The van der Waals surface area contributed by atoms with Crippen LogP contribution in [0.25, 0.3) is 11.2 Å². The largest absolute Gasteiger partial charge is 0.483 e. The fourth-order valence-electron chi connectivity index (χ4n) is 2.21. The lowest BCUT2D eigenvalue weighted by Gasteiger charge is -2.05. The lowest BCUT2D eigenvalue weighted by Crippen LogP contribution is -2.02. The van der Waals surface area contributed by atoms with Gasteiger partial charge in [-0.25, -0.2) is 4.98 Å². The number of ether oxygens (including phenoxy) is 1. The van der Waals surface area contributed by atoms with E-state index in [4.69, 9.17) is 4.74 Å². The van der Waals surface area contributed by atoms with E-state index in [0.717, 1.165) is 27.2 Å². The quantitative estimate of drug-likeness (QED) is 0.799. The molecule has 0 aliphatic carbocycles. The van der Waals surface area contributed by atoms with E-state index in [1.807, 2.05) is 24.4 Å². The van der Waals surface area contributed by atoms with Crippen LogP contribution in [0.15, 0.2) is 34.9 Å². The Morgan fingerprint density at radius 3 is 2.70 bits per heavy atom. The van der Waals surface area contributed by atoms with Gasteiger partial charge in [-0.1, -0.05) is 6.07 Å². The Morgan fingerprint density at radius 2 is 1.95 bits per heavy atom. The number of benzene rings is 1. The summed E-state index contributed by atoms with van der Waals surface area (Å²) in [5.41, 5.74) is 4.18. The molecule has 0 spiro atoms. The number of rotatable bonds is 3. The van der Waals surface area contributed by atoms with E-state index >= 15 is 0 Å². The Kier molecular flexibility index (Phi) is 3.44. The summed E-state index contributed by atoms with van der Waals surface area (Å²) in [5, 5.41) is 0. The standard InChI is InChI=1S/C15H14BrN3O/c1-9-3-10(2)5-12(4-9)20-8-14-18-13-6-11(16)7-17-15(13)19-14/h3-7H,8H2,1-2H3,(H,17,18,19)/p+1. The van der Waals surface area contributed by atoms with Crippen molar-refractivity contribution in [2.24, 2.45) is 0 Å². The molecule has 0 saturated heterocycles. The maximum absolute atomic E-state index is 5.79. The molecule has 0 saturated carbocycles. The lowest BCUT2D eigenvalue weighted by molar-refractivity contribution is -0.348. The van der Waals surface area contributed by atoms with Crippen molar-refractivity contribution in [3.8, 4) is 5.75 Å². The van der Waals surface area contributed by atoms with Gasteiger partial charge in [0.15, 0.2) is 6.61 Å². The zero-order valence-corrected chi connectivity index (χ0v) is 12.9. The molecule has 3 rings (SSSR count). The minimum absolute atomic E-state index is 0.420. The highest BCUT2D eigenvalue weighted by Gasteiger charge is 2.13. The molecule has 0 amide bonds. The number of halogens is 1. The predicted molar refractivity (Wildman–Crippen MR) is 80.6 cm³/mol.